The molecule has 4 fully saturated rings. The summed E-state index contributed by atoms with van der Waals surface area (Å²) in [5.74, 6) is 1.16. The Morgan fingerprint density at radius 1 is 1.00 bits per heavy atom. The number of hydrogen-bond donors (Lipinski definition) is 1. The van der Waals surface area contributed by atoms with Crippen LogP contribution in [0.4, 0.5) is 5.69 Å². The lowest BCUT2D eigenvalue weighted by molar-refractivity contribution is -0.125. The van der Waals surface area contributed by atoms with E-state index in [0.717, 1.165) is 37.9 Å². The minimum atomic E-state index is -0.341. The Morgan fingerprint density at radius 2 is 1.79 bits per heavy atom. The first-order chi connectivity index (χ1) is 13.6. The second-order valence-corrected chi connectivity index (χ2v) is 10.0. The number of likely N-dealkylation sites (tertiary alicyclic amines) is 1. The molecule has 1 N–H and O–H groups in total. The number of piperidine rings is 1. The second kappa shape index (κ2) is 7.05. The molecule has 0 bridgehead atoms. The van der Waals surface area contributed by atoms with Crippen molar-refractivity contribution in [2.24, 2.45) is 11.3 Å². The zero-order chi connectivity index (χ0) is 19.2. The van der Waals surface area contributed by atoms with Gasteiger partial charge in [0.05, 0.1) is 6.67 Å². The summed E-state index contributed by atoms with van der Waals surface area (Å²) >= 11 is 0. The van der Waals surface area contributed by atoms with Crippen LogP contribution >= 0.6 is 0 Å². The van der Waals surface area contributed by atoms with Crippen LogP contribution in [0.2, 0.25) is 0 Å². The molecule has 2 saturated carbocycles. The van der Waals surface area contributed by atoms with Crippen molar-refractivity contribution in [1.29, 1.82) is 0 Å². The van der Waals surface area contributed by atoms with Gasteiger partial charge in [-0.2, -0.15) is 0 Å². The third-order valence-corrected chi connectivity index (χ3v) is 8.69. The van der Waals surface area contributed by atoms with Crippen LogP contribution < -0.4 is 10.2 Å². The summed E-state index contributed by atoms with van der Waals surface area (Å²) in [7, 11) is 0. The molecule has 2 aliphatic heterocycles. The highest BCUT2D eigenvalue weighted by molar-refractivity contribution is 5.93. The number of fused-ring (bicyclic) bond motifs is 1. The van der Waals surface area contributed by atoms with Crippen LogP contribution in [0.5, 0.6) is 0 Å². The van der Waals surface area contributed by atoms with Crippen molar-refractivity contribution in [3.8, 4) is 0 Å². The summed E-state index contributed by atoms with van der Waals surface area (Å²) in [6, 6.07) is 11.2. The fourth-order valence-corrected chi connectivity index (χ4v) is 6.77. The average Bonchev–Trinajstić information content (AvgIpc) is 3.04. The third kappa shape index (κ3) is 2.96. The number of carbonyl (C=O) groups is 1. The zero-order valence-electron chi connectivity index (χ0n) is 17.3. The quantitative estimate of drug-likeness (QED) is 0.835. The van der Waals surface area contributed by atoms with E-state index in [2.05, 4.69) is 46.3 Å². The summed E-state index contributed by atoms with van der Waals surface area (Å²) in [4.78, 5) is 17.9. The molecule has 1 aromatic rings. The molecule has 1 spiro atoms. The van der Waals surface area contributed by atoms with Crippen LogP contribution in [0.15, 0.2) is 30.3 Å². The van der Waals surface area contributed by atoms with Crippen molar-refractivity contribution >= 4 is 11.6 Å². The number of nitrogens with zero attached hydrogens (tertiary/aromatic N) is 2. The normalized spacial score (nSPS) is 35.6. The topological polar surface area (TPSA) is 35.6 Å². The van der Waals surface area contributed by atoms with Crippen LogP contribution in [0.1, 0.15) is 64.7 Å². The van der Waals surface area contributed by atoms with Gasteiger partial charge in [-0.25, -0.2) is 0 Å². The molecular formula is C24H35N3O. The molecule has 4 aliphatic rings. The maximum atomic E-state index is 12.9. The van der Waals surface area contributed by atoms with E-state index in [1.807, 2.05) is 6.07 Å². The van der Waals surface area contributed by atoms with Gasteiger partial charge >= 0.3 is 0 Å². The molecule has 4 heteroatoms. The van der Waals surface area contributed by atoms with Crippen LogP contribution in [-0.4, -0.2) is 42.1 Å². The lowest BCUT2D eigenvalue weighted by atomic mass is 9.59. The number of hydrogen-bond acceptors (Lipinski definition) is 3. The molecule has 1 amide bonds. The summed E-state index contributed by atoms with van der Waals surface area (Å²) in [6.45, 7) is 5.32. The lowest BCUT2D eigenvalue weighted by Crippen LogP contribution is -2.58. The van der Waals surface area contributed by atoms with E-state index in [9.17, 15) is 4.79 Å². The highest BCUT2D eigenvalue weighted by Gasteiger charge is 2.51. The SMILES string of the molecule is C[C@]12CCCC[C@H]1C[C@H](N1CCC3(CC1)C(=O)NCN3c1ccccc1)CC2. The van der Waals surface area contributed by atoms with E-state index in [0.29, 0.717) is 12.1 Å². The zero-order valence-corrected chi connectivity index (χ0v) is 17.3. The van der Waals surface area contributed by atoms with Gasteiger partial charge in [-0.3, -0.25) is 4.79 Å². The fraction of sp³-hybridized carbons (Fsp3) is 0.708. The Labute approximate surface area is 169 Å². The van der Waals surface area contributed by atoms with Gasteiger partial charge in [0.25, 0.3) is 0 Å². The van der Waals surface area contributed by atoms with E-state index in [1.165, 1.54) is 50.6 Å². The molecular weight excluding hydrogens is 346 g/mol. The third-order valence-electron chi connectivity index (χ3n) is 8.69. The summed E-state index contributed by atoms with van der Waals surface area (Å²) in [6.07, 6.45) is 11.8. The maximum absolute atomic E-state index is 12.9. The minimum Gasteiger partial charge on any atom is -0.339 e. The minimum absolute atomic E-state index is 0.236. The highest BCUT2D eigenvalue weighted by atomic mass is 16.2. The van der Waals surface area contributed by atoms with E-state index in [4.69, 9.17) is 0 Å². The summed E-state index contributed by atoms with van der Waals surface area (Å²) < 4.78 is 0. The van der Waals surface area contributed by atoms with Crippen molar-refractivity contribution in [2.75, 3.05) is 24.7 Å². The number of amides is 1. The van der Waals surface area contributed by atoms with Gasteiger partial charge in [-0.1, -0.05) is 38.0 Å². The van der Waals surface area contributed by atoms with Gasteiger partial charge in [0.1, 0.15) is 5.54 Å². The fourth-order valence-electron chi connectivity index (χ4n) is 6.77. The van der Waals surface area contributed by atoms with E-state index < -0.39 is 0 Å². The molecule has 0 aromatic heterocycles. The molecule has 2 heterocycles. The van der Waals surface area contributed by atoms with Gasteiger partial charge in [-0.15, -0.1) is 0 Å². The Kier molecular flexibility index (Phi) is 4.65. The van der Waals surface area contributed by atoms with Crippen molar-refractivity contribution in [3.63, 3.8) is 0 Å². The molecule has 28 heavy (non-hydrogen) atoms. The Bertz CT molecular complexity index is 712. The Balaban J connectivity index is 1.27. The molecule has 0 radical (unpaired) electrons. The molecule has 2 saturated heterocycles. The number of para-hydroxylation sites is 1. The predicted octanol–water partition coefficient (Wildman–Crippen LogP) is 4.16. The first kappa shape index (κ1) is 18.5. The number of rotatable bonds is 2. The van der Waals surface area contributed by atoms with Crippen molar-refractivity contribution < 1.29 is 4.79 Å². The van der Waals surface area contributed by atoms with Crippen LogP contribution in [0, 0.1) is 11.3 Å². The molecule has 1 aromatic carbocycles. The first-order valence-corrected chi connectivity index (χ1v) is 11.5. The van der Waals surface area contributed by atoms with E-state index in [1.54, 1.807) is 0 Å². The highest BCUT2D eigenvalue weighted by Crippen LogP contribution is 2.51. The first-order valence-electron chi connectivity index (χ1n) is 11.5. The predicted molar refractivity (Wildman–Crippen MR) is 113 cm³/mol. The lowest BCUT2D eigenvalue weighted by Gasteiger charge is -2.52. The number of benzene rings is 1. The van der Waals surface area contributed by atoms with Gasteiger partial charge in [0.15, 0.2) is 0 Å². The van der Waals surface area contributed by atoms with Crippen LogP contribution in [0.25, 0.3) is 0 Å². The molecule has 152 valence electrons. The summed E-state index contributed by atoms with van der Waals surface area (Å²) in [5, 5.41) is 3.13. The smallest absolute Gasteiger partial charge is 0.247 e. The average molecular weight is 382 g/mol. The molecule has 2 aliphatic carbocycles. The van der Waals surface area contributed by atoms with Crippen molar-refractivity contribution in [3.05, 3.63) is 30.3 Å². The standard InChI is InChI=1S/C24H35N3O/c1-23-11-6-5-7-19(23)17-21(10-12-23)26-15-13-24(14-16-26)22(28)25-18-27(24)20-8-3-2-4-9-20/h2-4,8-9,19,21H,5-7,10-18H2,1H3,(H,25,28)/t19-,21+,23+/m0/s1. The second-order valence-electron chi connectivity index (χ2n) is 10.0. The van der Waals surface area contributed by atoms with Crippen LogP contribution in [-0.2, 0) is 4.79 Å². The molecule has 4 nitrogen and oxygen atoms in total. The Morgan fingerprint density at radius 3 is 2.57 bits per heavy atom. The largest absolute Gasteiger partial charge is 0.339 e. The van der Waals surface area contributed by atoms with Crippen molar-refractivity contribution in [1.82, 2.24) is 10.2 Å². The van der Waals surface area contributed by atoms with Crippen molar-refractivity contribution in [2.45, 2.75) is 76.3 Å². The maximum Gasteiger partial charge on any atom is 0.247 e. The molecule has 0 unspecified atom stereocenters. The van der Waals surface area contributed by atoms with Gasteiger partial charge in [0, 0.05) is 24.8 Å². The number of anilines is 1. The number of carbonyl (C=O) groups excluding carboxylic acids is 1. The van der Waals surface area contributed by atoms with Gasteiger partial charge in [-0.05, 0) is 68.4 Å². The molecule has 3 atom stereocenters. The Hall–Kier alpha value is -1.55. The summed E-state index contributed by atoms with van der Waals surface area (Å²) in [5.41, 5.74) is 1.44. The van der Waals surface area contributed by atoms with E-state index >= 15 is 0 Å². The monoisotopic (exact) mass is 381 g/mol. The number of nitrogens with one attached hydrogen (secondary N) is 1. The van der Waals surface area contributed by atoms with E-state index in [-0.39, 0.29) is 11.4 Å². The molecule has 5 rings (SSSR count). The van der Waals surface area contributed by atoms with Gasteiger partial charge < -0.3 is 15.1 Å². The van der Waals surface area contributed by atoms with Crippen LogP contribution in [0.3, 0.4) is 0 Å². The van der Waals surface area contributed by atoms with Gasteiger partial charge in [0.2, 0.25) is 5.91 Å².